The molecule has 1 unspecified atom stereocenters. The van der Waals surface area contributed by atoms with E-state index in [1.165, 1.54) is 0 Å². The van der Waals surface area contributed by atoms with Crippen LogP contribution in [0.5, 0.6) is 0 Å². The normalized spacial score (nSPS) is 16.4. The average Bonchev–Trinajstić information content (AvgIpc) is 2.04. The van der Waals surface area contributed by atoms with Gasteiger partial charge in [0.05, 0.1) is 13.2 Å². The quantitative estimate of drug-likeness (QED) is 0.693. The molecule has 0 aromatic carbocycles. The molecule has 0 spiro atoms. The van der Waals surface area contributed by atoms with Gasteiger partial charge in [0.1, 0.15) is 0 Å². The number of rotatable bonds is 6. The number of Topliss-reactive ketones (excluding diaryl/α,β-unsaturated/α-hetero) is 1. The number of hydrogen-bond acceptors (Lipinski definition) is 5. The van der Waals surface area contributed by atoms with Crippen molar-refractivity contribution in [1.82, 2.24) is 0 Å². The zero-order valence-corrected chi connectivity index (χ0v) is 9.84. The average molecular weight is 224 g/mol. The van der Waals surface area contributed by atoms with Gasteiger partial charge in [-0.3, -0.25) is 9.36 Å². The summed E-state index contributed by atoms with van der Waals surface area (Å²) in [6.07, 6.45) is 0. The minimum absolute atomic E-state index is 0.112. The first-order valence-electron chi connectivity index (χ1n) is 4.44. The molecule has 0 rings (SSSR count). The molecule has 0 bridgehead atoms. The first kappa shape index (κ1) is 13.8. The monoisotopic (exact) mass is 224 g/mol. The van der Waals surface area contributed by atoms with E-state index in [0.29, 0.717) is 0 Å². The van der Waals surface area contributed by atoms with Crippen LogP contribution in [0.2, 0.25) is 0 Å². The third-order valence-corrected chi connectivity index (χ3v) is 4.38. The maximum atomic E-state index is 12.0. The van der Waals surface area contributed by atoms with E-state index in [9.17, 15) is 14.5 Å². The molecule has 0 aromatic heterocycles. The van der Waals surface area contributed by atoms with Gasteiger partial charge in [-0.2, -0.15) is 0 Å². The van der Waals surface area contributed by atoms with Crippen molar-refractivity contribution in [3.8, 4) is 0 Å². The van der Waals surface area contributed by atoms with Gasteiger partial charge in [0.2, 0.25) is 5.34 Å². The third-order valence-electron chi connectivity index (χ3n) is 1.80. The molecule has 0 aliphatic rings. The smallest absolute Gasteiger partial charge is 0.369 e. The van der Waals surface area contributed by atoms with E-state index in [0.717, 1.165) is 13.8 Å². The number of ketones is 1. The van der Waals surface area contributed by atoms with Crippen LogP contribution in [0.3, 0.4) is 0 Å². The zero-order valence-electron chi connectivity index (χ0n) is 8.94. The van der Waals surface area contributed by atoms with Crippen molar-refractivity contribution in [3.05, 3.63) is 0 Å². The second-order valence-electron chi connectivity index (χ2n) is 2.91. The fourth-order valence-electron chi connectivity index (χ4n) is 0.821. The van der Waals surface area contributed by atoms with Crippen molar-refractivity contribution in [3.63, 3.8) is 0 Å². The predicted octanol–water partition coefficient (Wildman–Crippen LogP) is 1.55. The molecule has 6 heteroatoms. The molecule has 0 heterocycles. The highest BCUT2D eigenvalue weighted by atomic mass is 31.2. The van der Waals surface area contributed by atoms with Crippen LogP contribution >= 0.6 is 7.60 Å². The second kappa shape index (κ2) is 5.03. The molecule has 0 saturated heterocycles. The molecule has 84 valence electrons. The lowest BCUT2D eigenvalue weighted by Crippen LogP contribution is -2.34. The van der Waals surface area contributed by atoms with Gasteiger partial charge in [0.25, 0.3) is 0 Å². The molecule has 0 saturated carbocycles. The summed E-state index contributed by atoms with van der Waals surface area (Å²) in [5, 5.41) is 7.64. The largest absolute Gasteiger partial charge is 0.371 e. The van der Waals surface area contributed by atoms with Crippen LogP contribution in [0.4, 0.5) is 0 Å². The molecule has 5 nitrogen and oxygen atoms in total. The van der Waals surface area contributed by atoms with E-state index in [1.54, 1.807) is 13.8 Å². The highest BCUT2D eigenvalue weighted by Gasteiger charge is 2.49. The molecule has 0 aromatic rings. The Kier molecular flexibility index (Phi) is 4.95. The lowest BCUT2D eigenvalue weighted by atomic mass is 10.3. The summed E-state index contributed by atoms with van der Waals surface area (Å²) in [6, 6.07) is 0. The van der Waals surface area contributed by atoms with Crippen LogP contribution in [0.15, 0.2) is 0 Å². The summed E-state index contributed by atoms with van der Waals surface area (Å²) >= 11 is 0. The van der Waals surface area contributed by atoms with Crippen LogP contribution in [-0.2, 0) is 18.4 Å². The second-order valence-corrected chi connectivity index (χ2v) is 5.29. The van der Waals surface area contributed by atoms with Gasteiger partial charge < -0.3 is 14.2 Å². The van der Waals surface area contributed by atoms with Gasteiger partial charge >= 0.3 is 7.60 Å². The third kappa shape index (κ3) is 2.64. The number of hydrogen-bond donors (Lipinski definition) is 1. The Morgan fingerprint density at radius 1 is 1.36 bits per heavy atom. The van der Waals surface area contributed by atoms with Crippen molar-refractivity contribution < 1.29 is 23.5 Å². The Morgan fingerprint density at radius 3 is 1.93 bits per heavy atom. The highest BCUT2D eigenvalue weighted by molar-refractivity contribution is 7.56. The number of carbonyl (C=O) groups is 1. The highest BCUT2D eigenvalue weighted by Crippen LogP contribution is 2.58. The zero-order chi connectivity index (χ0) is 11.4. The first-order chi connectivity index (χ1) is 6.31. The van der Waals surface area contributed by atoms with Gasteiger partial charge in [-0.25, -0.2) is 0 Å². The molecule has 1 atom stereocenters. The summed E-state index contributed by atoms with van der Waals surface area (Å²) in [5.41, 5.74) is 0. The van der Waals surface area contributed by atoms with E-state index in [4.69, 9.17) is 9.05 Å². The summed E-state index contributed by atoms with van der Waals surface area (Å²) in [6.45, 7) is 5.73. The van der Waals surface area contributed by atoms with Gasteiger partial charge in [0, 0.05) is 0 Å². The Morgan fingerprint density at radius 2 is 1.71 bits per heavy atom. The molecule has 0 aliphatic carbocycles. The van der Waals surface area contributed by atoms with Crippen molar-refractivity contribution in [2.45, 2.75) is 33.0 Å². The SMILES string of the molecule is CCOP(=O)(OCC)C(C)(O)C(C)=O. The fourth-order valence-corrected chi connectivity index (χ4v) is 2.46. The lowest BCUT2D eigenvalue weighted by Gasteiger charge is -2.28. The van der Waals surface area contributed by atoms with E-state index in [-0.39, 0.29) is 13.2 Å². The van der Waals surface area contributed by atoms with E-state index in [1.807, 2.05) is 0 Å². The number of aliphatic hydroxyl groups is 1. The summed E-state index contributed by atoms with van der Waals surface area (Å²) in [5.74, 6) is -0.636. The van der Waals surface area contributed by atoms with Crippen molar-refractivity contribution in [2.24, 2.45) is 0 Å². The molecule has 0 fully saturated rings. The van der Waals surface area contributed by atoms with Crippen molar-refractivity contribution in [1.29, 1.82) is 0 Å². The van der Waals surface area contributed by atoms with Crippen LogP contribution in [-0.4, -0.2) is 29.4 Å². The van der Waals surface area contributed by atoms with Crippen LogP contribution in [0, 0.1) is 0 Å². The Hall–Kier alpha value is -0.220. The maximum absolute atomic E-state index is 12.0. The molecule has 1 N–H and O–H groups in total. The Balaban J connectivity index is 4.99. The molecular weight excluding hydrogens is 207 g/mol. The Labute approximate surface area is 83.9 Å². The molecule has 0 amide bonds. The van der Waals surface area contributed by atoms with Gasteiger partial charge in [0.15, 0.2) is 5.78 Å². The van der Waals surface area contributed by atoms with Gasteiger partial charge in [-0.1, -0.05) is 0 Å². The van der Waals surface area contributed by atoms with E-state index >= 15 is 0 Å². The van der Waals surface area contributed by atoms with Gasteiger partial charge in [-0.05, 0) is 27.7 Å². The minimum atomic E-state index is -3.77. The van der Waals surface area contributed by atoms with E-state index < -0.39 is 18.7 Å². The first-order valence-corrected chi connectivity index (χ1v) is 5.98. The maximum Gasteiger partial charge on any atom is 0.369 e. The predicted molar refractivity (Wildman–Crippen MR) is 52.2 cm³/mol. The van der Waals surface area contributed by atoms with Crippen LogP contribution < -0.4 is 0 Å². The van der Waals surface area contributed by atoms with E-state index in [2.05, 4.69) is 0 Å². The van der Waals surface area contributed by atoms with Gasteiger partial charge in [-0.15, -0.1) is 0 Å². The standard InChI is InChI=1S/C8H17O5P/c1-5-12-14(11,13-6-2)8(4,10)7(3)9/h10H,5-6H2,1-4H3. The fraction of sp³-hybridized carbons (Fsp3) is 0.875. The summed E-state index contributed by atoms with van der Waals surface area (Å²) < 4.78 is 21.7. The summed E-state index contributed by atoms with van der Waals surface area (Å²) in [4.78, 5) is 11.1. The topological polar surface area (TPSA) is 72.8 Å². The lowest BCUT2D eigenvalue weighted by molar-refractivity contribution is -0.128. The molecule has 0 radical (unpaired) electrons. The molecule has 14 heavy (non-hydrogen) atoms. The van der Waals surface area contributed by atoms with Crippen molar-refractivity contribution in [2.75, 3.05) is 13.2 Å². The molecular formula is C8H17O5P. The van der Waals surface area contributed by atoms with Crippen LogP contribution in [0.25, 0.3) is 0 Å². The van der Waals surface area contributed by atoms with Crippen LogP contribution in [0.1, 0.15) is 27.7 Å². The minimum Gasteiger partial charge on any atom is -0.371 e. The summed E-state index contributed by atoms with van der Waals surface area (Å²) in [7, 11) is -3.77. The Bertz CT molecular complexity index is 238. The number of carbonyl (C=O) groups excluding carboxylic acids is 1. The molecule has 0 aliphatic heterocycles. The van der Waals surface area contributed by atoms with Crippen molar-refractivity contribution >= 4 is 13.4 Å².